The predicted octanol–water partition coefficient (Wildman–Crippen LogP) is 4.24. The molecule has 0 saturated carbocycles. The lowest BCUT2D eigenvalue weighted by molar-refractivity contribution is -0.118. The molecule has 2 amide bonds. The number of hydrogen-bond acceptors (Lipinski definition) is 8. The van der Waals surface area contributed by atoms with Gasteiger partial charge in [0, 0.05) is 11.8 Å². The van der Waals surface area contributed by atoms with Crippen LogP contribution in [-0.4, -0.2) is 42.7 Å². The number of ether oxygens (including phenoxy) is 3. The topological polar surface area (TPSA) is 121 Å². The average molecular weight is 523 g/mol. The second-order valence-corrected chi connectivity index (χ2v) is 9.08. The first-order valence-corrected chi connectivity index (χ1v) is 12.1. The fraction of sp³-hybridized carbons (Fsp3) is 0.231. The number of methoxy groups -OCH3 is 3. The maximum atomic E-state index is 13.4. The van der Waals surface area contributed by atoms with Crippen molar-refractivity contribution in [2.45, 2.75) is 19.9 Å². The van der Waals surface area contributed by atoms with Crippen LogP contribution in [0.15, 0.2) is 53.6 Å². The molecule has 1 atom stereocenters. The molecule has 2 N–H and O–H groups in total. The van der Waals surface area contributed by atoms with E-state index in [0.29, 0.717) is 49.3 Å². The Kier molecular flexibility index (Phi) is 7.44. The number of carbonyl (C=O) groups is 2. The van der Waals surface area contributed by atoms with Gasteiger partial charge in [0.05, 0.1) is 43.6 Å². The molecule has 0 aliphatic rings. The Morgan fingerprint density at radius 2 is 1.68 bits per heavy atom. The highest BCUT2D eigenvalue weighted by atomic mass is 32.1. The highest BCUT2D eigenvalue weighted by Crippen LogP contribution is 2.31. The maximum absolute atomic E-state index is 13.4. The van der Waals surface area contributed by atoms with Crippen molar-refractivity contribution in [1.82, 2.24) is 9.55 Å². The normalized spacial score (nSPS) is 11.6. The zero-order chi connectivity index (χ0) is 26.7. The summed E-state index contributed by atoms with van der Waals surface area (Å²) in [4.78, 5) is 44.5. The molecule has 11 heteroatoms. The van der Waals surface area contributed by atoms with Gasteiger partial charge in [-0.1, -0.05) is 12.1 Å². The van der Waals surface area contributed by atoms with Crippen molar-refractivity contribution in [3.63, 3.8) is 0 Å². The monoisotopic (exact) mass is 522 g/mol. The van der Waals surface area contributed by atoms with Crippen LogP contribution in [0.2, 0.25) is 0 Å². The van der Waals surface area contributed by atoms with Crippen molar-refractivity contribution < 1.29 is 23.8 Å². The molecule has 1 unspecified atom stereocenters. The van der Waals surface area contributed by atoms with Gasteiger partial charge >= 0.3 is 0 Å². The van der Waals surface area contributed by atoms with E-state index in [1.807, 2.05) is 0 Å². The number of aryl methyl sites for hydroxylation is 1. The summed E-state index contributed by atoms with van der Waals surface area (Å²) in [6.07, 6.45) is 1.32. The van der Waals surface area contributed by atoms with E-state index in [-0.39, 0.29) is 5.91 Å². The van der Waals surface area contributed by atoms with E-state index < -0.39 is 17.5 Å². The third-order valence-corrected chi connectivity index (χ3v) is 7.08. The average Bonchev–Trinajstić information content (AvgIpc) is 3.25. The predicted molar refractivity (Wildman–Crippen MR) is 142 cm³/mol. The first-order valence-electron chi connectivity index (χ1n) is 11.3. The number of amides is 2. The number of benzene rings is 2. The number of nitrogens with zero attached hydrogens (tertiary/aromatic N) is 2. The Morgan fingerprint density at radius 3 is 2.38 bits per heavy atom. The first kappa shape index (κ1) is 25.7. The second kappa shape index (κ2) is 10.7. The molecule has 0 radical (unpaired) electrons. The van der Waals surface area contributed by atoms with Gasteiger partial charge in [-0.2, -0.15) is 0 Å². The van der Waals surface area contributed by atoms with Crippen LogP contribution < -0.4 is 30.4 Å². The second-order valence-electron chi connectivity index (χ2n) is 8.08. The number of para-hydroxylation sites is 2. The number of thiophene rings is 1. The quantitative estimate of drug-likeness (QED) is 0.355. The summed E-state index contributed by atoms with van der Waals surface area (Å²) in [7, 11) is 4.54. The minimum atomic E-state index is -0.873. The first-order chi connectivity index (χ1) is 17.8. The highest BCUT2D eigenvalue weighted by molar-refractivity contribution is 7.20. The molecule has 2 aromatic heterocycles. The van der Waals surface area contributed by atoms with Gasteiger partial charge in [0.2, 0.25) is 5.91 Å². The van der Waals surface area contributed by atoms with Crippen LogP contribution in [0.1, 0.15) is 28.2 Å². The van der Waals surface area contributed by atoms with E-state index in [0.717, 1.165) is 11.3 Å². The maximum Gasteiger partial charge on any atom is 0.266 e. The standard InChI is InChI=1S/C26H26N4O6S/c1-14-21-25(37-22(14)24(32)29-17-8-6-7-9-18(17)34-3)27-13-30(26(21)33)15(2)23(31)28-16-10-11-19(35-4)20(12-16)36-5/h6-13,15H,1-5H3,(H,28,31)(H,29,32). The molecule has 0 saturated heterocycles. The molecular weight excluding hydrogens is 496 g/mol. The Balaban J connectivity index is 1.61. The largest absolute Gasteiger partial charge is 0.495 e. The number of fused-ring (bicyclic) bond motifs is 1. The Bertz CT molecular complexity index is 1540. The number of hydrogen-bond donors (Lipinski definition) is 2. The van der Waals surface area contributed by atoms with Gasteiger partial charge in [-0.05, 0) is 43.7 Å². The van der Waals surface area contributed by atoms with Crippen LogP contribution in [0, 0.1) is 6.92 Å². The lowest BCUT2D eigenvalue weighted by Gasteiger charge is -2.16. The molecule has 2 aromatic carbocycles. The van der Waals surface area contributed by atoms with Gasteiger partial charge in [-0.3, -0.25) is 19.0 Å². The van der Waals surface area contributed by atoms with Gasteiger partial charge < -0.3 is 24.8 Å². The van der Waals surface area contributed by atoms with Crippen molar-refractivity contribution in [3.8, 4) is 17.2 Å². The van der Waals surface area contributed by atoms with Gasteiger partial charge in [0.1, 0.15) is 16.6 Å². The summed E-state index contributed by atoms with van der Waals surface area (Å²) in [6.45, 7) is 3.29. The zero-order valence-electron chi connectivity index (χ0n) is 20.9. The number of carbonyl (C=O) groups excluding carboxylic acids is 2. The molecule has 0 fully saturated rings. The molecule has 0 aliphatic carbocycles. The zero-order valence-corrected chi connectivity index (χ0v) is 21.8. The van der Waals surface area contributed by atoms with Gasteiger partial charge in [-0.25, -0.2) is 4.98 Å². The Labute approximate surface area is 216 Å². The molecule has 0 spiro atoms. The minimum Gasteiger partial charge on any atom is -0.495 e. The van der Waals surface area contributed by atoms with Crippen molar-refractivity contribution in [2.75, 3.05) is 32.0 Å². The number of rotatable bonds is 8. The molecule has 37 heavy (non-hydrogen) atoms. The van der Waals surface area contributed by atoms with Crippen LogP contribution in [0.5, 0.6) is 17.2 Å². The van der Waals surface area contributed by atoms with Crippen molar-refractivity contribution >= 4 is 44.7 Å². The molecule has 192 valence electrons. The molecular formula is C26H26N4O6S. The molecule has 4 aromatic rings. The summed E-state index contributed by atoms with van der Waals surface area (Å²) >= 11 is 1.11. The third kappa shape index (κ3) is 4.98. The number of aromatic nitrogens is 2. The third-order valence-electron chi connectivity index (χ3n) is 5.89. The minimum absolute atomic E-state index is 0.295. The Hall–Kier alpha value is -4.38. The molecule has 10 nitrogen and oxygen atoms in total. The highest BCUT2D eigenvalue weighted by Gasteiger charge is 2.24. The van der Waals surface area contributed by atoms with Crippen LogP contribution >= 0.6 is 11.3 Å². The van der Waals surface area contributed by atoms with Gasteiger partial charge in [0.15, 0.2) is 11.5 Å². The summed E-state index contributed by atoms with van der Waals surface area (Å²) in [5.74, 6) is 0.705. The lowest BCUT2D eigenvalue weighted by atomic mass is 10.2. The van der Waals surface area contributed by atoms with Gasteiger partial charge in [-0.15, -0.1) is 11.3 Å². The van der Waals surface area contributed by atoms with E-state index in [1.165, 1.54) is 32.2 Å². The SMILES string of the molecule is COc1ccccc1NC(=O)c1sc2ncn(C(C)C(=O)Nc3ccc(OC)c(OC)c3)c(=O)c2c1C. The van der Waals surface area contributed by atoms with E-state index in [2.05, 4.69) is 15.6 Å². The molecule has 4 rings (SSSR count). The fourth-order valence-electron chi connectivity index (χ4n) is 3.84. The molecule has 0 bridgehead atoms. The van der Waals surface area contributed by atoms with Crippen LogP contribution in [0.25, 0.3) is 10.2 Å². The smallest absolute Gasteiger partial charge is 0.266 e. The summed E-state index contributed by atoms with van der Waals surface area (Å²) in [5.41, 5.74) is 1.08. The van der Waals surface area contributed by atoms with Crippen molar-refractivity contribution in [2.24, 2.45) is 0 Å². The lowest BCUT2D eigenvalue weighted by Crippen LogP contribution is -2.31. The van der Waals surface area contributed by atoms with Crippen molar-refractivity contribution in [1.29, 1.82) is 0 Å². The fourth-order valence-corrected chi connectivity index (χ4v) is 4.88. The summed E-state index contributed by atoms with van der Waals surface area (Å²) in [5, 5.41) is 5.90. The van der Waals surface area contributed by atoms with E-state index in [9.17, 15) is 14.4 Å². The van der Waals surface area contributed by atoms with Gasteiger partial charge in [0.25, 0.3) is 11.5 Å². The van der Waals surface area contributed by atoms with Crippen LogP contribution in [-0.2, 0) is 4.79 Å². The van der Waals surface area contributed by atoms with Crippen molar-refractivity contribution in [3.05, 3.63) is 69.6 Å². The van der Waals surface area contributed by atoms with E-state index in [1.54, 1.807) is 56.3 Å². The summed E-state index contributed by atoms with van der Waals surface area (Å²) < 4.78 is 17.0. The number of nitrogens with one attached hydrogen (secondary N) is 2. The Morgan fingerprint density at radius 1 is 0.973 bits per heavy atom. The van der Waals surface area contributed by atoms with Crippen LogP contribution in [0.3, 0.4) is 0 Å². The molecule has 2 heterocycles. The molecule has 0 aliphatic heterocycles. The van der Waals surface area contributed by atoms with Crippen LogP contribution in [0.4, 0.5) is 11.4 Å². The van der Waals surface area contributed by atoms with E-state index in [4.69, 9.17) is 14.2 Å². The number of anilines is 2. The van der Waals surface area contributed by atoms with E-state index >= 15 is 0 Å². The summed E-state index contributed by atoms with van der Waals surface area (Å²) in [6, 6.07) is 11.1.